The maximum Gasteiger partial charge on any atom is 0.259 e. The van der Waals surface area contributed by atoms with Crippen LogP contribution < -0.4 is 9.47 Å². The zero-order valence-corrected chi connectivity index (χ0v) is 18.9. The van der Waals surface area contributed by atoms with Crippen LogP contribution in [-0.2, 0) is 11.2 Å². The van der Waals surface area contributed by atoms with Crippen molar-refractivity contribution in [3.05, 3.63) is 29.4 Å². The molecule has 4 rings (SSSR count). The Morgan fingerprint density at radius 1 is 1.12 bits per heavy atom. The Balaban J connectivity index is 1.32. The first kappa shape index (κ1) is 22.5. The van der Waals surface area contributed by atoms with E-state index in [4.69, 9.17) is 18.7 Å². The molecule has 1 aliphatic heterocycles. The molecular formula is C23H32N4O5. The van der Waals surface area contributed by atoms with Crippen molar-refractivity contribution < 1.29 is 23.5 Å². The summed E-state index contributed by atoms with van der Waals surface area (Å²) >= 11 is 0. The first-order valence-corrected chi connectivity index (χ1v) is 11.5. The summed E-state index contributed by atoms with van der Waals surface area (Å²) in [4.78, 5) is 23.7. The van der Waals surface area contributed by atoms with Gasteiger partial charge in [-0.25, -0.2) is 0 Å². The van der Waals surface area contributed by atoms with Crippen molar-refractivity contribution in [1.29, 1.82) is 0 Å². The summed E-state index contributed by atoms with van der Waals surface area (Å²) in [7, 11) is 3.02. The number of carbonyl (C=O) groups is 1. The van der Waals surface area contributed by atoms with Gasteiger partial charge in [0.2, 0.25) is 17.7 Å². The van der Waals surface area contributed by atoms with Crippen molar-refractivity contribution in [2.45, 2.75) is 50.9 Å². The minimum absolute atomic E-state index is 0.0190. The Kier molecular flexibility index (Phi) is 7.57. The second-order valence-electron chi connectivity index (χ2n) is 8.53. The molecule has 9 nitrogen and oxygen atoms in total. The fourth-order valence-corrected chi connectivity index (χ4v) is 4.51. The molecule has 32 heavy (non-hydrogen) atoms. The number of hydrogen-bond donors (Lipinski definition) is 0. The monoisotopic (exact) mass is 444 g/mol. The van der Waals surface area contributed by atoms with Crippen molar-refractivity contribution in [3.63, 3.8) is 0 Å². The zero-order valence-electron chi connectivity index (χ0n) is 18.9. The number of amides is 1. The molecule has 0 aromatic carbocycles. The number of aromatic nitrogens is 3. The van der Waals surface area contributed by atoms with Crippen LogP contribution >= 0.6 is 0 Å². The van der Waals surface area contributed by atoms with Gasteiger partial charge in [0, 0.05) is 32.2 Å². The van der Waals surface area contributed by atoms with E-state index in [1.165, 1.54) is 39.9 Å². The molecule has 9 heteroatoms. The van der Waals surface area contributed by atoms with E-state index < -0.39 is 0 Å². The summed E-state index contributed by atoms with van der Waals surface area (Å²) in [6, 6.07) is 3.35. The topological polar surface area (TPSA) is 99.8 Å². The Hall–Kier alpha value is -2.68. The van der Waals surface area contributed by atoms with E-state index in [9.17, 15) is 4.79 Å². The highest BCUT2D eigenvalue weighted by Gasteiger charge is 2.30. The van der Waals surface area contributed by atoms with Gasteiger partial charge < -0.3 is 23.6 Å². The Bertz CT molecular complexity index is 896. The van der Waals surface area contributed by atoms with Gasteiger partial charge in [0.1, 0.15) is 5.56 Å². The third kappa shape index (κ3) is 5.38. The number of nitrogens with zero attached hydrogens (tertiary/aromatic N) is 4. The van der Waals surface area contributed by atoms with Crippen LogP contribution in [0, 0.1) is 5.92 Å². The number of likely N-dealkylation sites (tertiary alicyclic amines) is 1. The van der Waals surface area contributed by atoms with E-state index in [1.54, 1.807) is 17.0 Å². The molecule has 1 atom stereocenters. The highest BCUT2D eigenvalue weighted by Crippen LogP contribution is 2.29. The van der Waals surface area contributed by atoms with E-state index in [1.807, 2.05) is 0 Å². The summed E-state index contributed by atoms with van der Waals surface area (Å²) in [6.07, 6.45) is 7.62. The molecule has 3 heterocycles. The molecule has 2 aromatic rings. The van der Waals surface area contributed by atoms with Crippen molar-refractivity contribution >= 4 is 5.91 Å². The molecular weight excluding hydrogens is 412 g/mol. The van der Waals surface area contributed by atoms with Gasteiger partial charge in [-0.3, -0.25) is 4.79 Å². The number of methoxy groups -OCH3 is 2. The average molecular weight is 445 g/mol. The van der Waals surface area contributed by atoms with E-state index in [-0.39, 0.29) is 17.7 Å². The quantitative estimate of drug-likeness (QED) is 0.544. The Morgan fingerprint density at radius 3 is 2.75 bits per heavy atom. The second kappa shape index (κ2) is 10.8. The van der Waals surface area contributed by atoms with Crippen LogP contribution in [0.25, 0.3) is 0 Å². The normalized spacial score (nSPS) is 19.3. The lowest BCUT2D eigenvalue weighted by Gasteiger charge is -2.31. The summed E-state index contributed by atoms with van der Waals surface area (Å²) in [6.45, 7) is 2.62. The maximum atomic E-state index is 13.1. The lowest BCUT2D eigenvalue weighted by atomic mass is 9.97. The summed E-state index contributed by atoms with van der Waals surface area (Å²) < 4.78 is 21.8. The lowest BCUT2D eigenvalue weighted by Crippen LogP contribution is -2.39. The van der Waals surface area contributed by atoms with E-state index in [2.05, 4.69) is 15.1 Å². The maximum absolute atomic E-state index is 13.1. The van der Waals surface area contributed by atoms with Crippen molar-refractivity contribution in [3.8, 4) is 11.8 Å². The van der Waals surface area contributed by atoms with Crippen molar-refractivity contribution in [2.75, 3.05) is 40.5 Å². The average Bonchev–Trinajstić information content (AvgIpc) is 3.53. The lowest BCUT2D eigenvalue weighted by molar-refractivity contribution is 0.0691. The highest BCUT2D eigenvalue weighted by molar-refractivity contribution is 5.96. The van der Waals surface area contributed by atoms with Crippen molar-refractivity contribution in [2.24, 2.45) is 5.92 Å². The van der Waals surface area contributed by atoms with Gasteiger partial charge in [-0.2, -0.15) is 9.97 Å². The molecule has 0 spiro atoms. The third-order valence-corrected chi connectivity index (χ3v) is 6.31. The van der Waals surface area contributed by atoms with Crippen LogP contribution in [0.15, 0.2) is 16.7 Å². The summed E-state index contributed by atoms with van der Waals surface area (Å²) in [5.41, 5.74) is 0.416. The summed E-state index contributed by atoms with van der Waals surface area (Å²) in [5.74, 6) is 2.52. The molecule has 1 saturated heterocycles. The van der Waals surface area contributed by atoms with Gasteiger partial charge in [0.05, 0.1) is 26.7 Å². The smallest absolute Gasteiger partial charge is 0.259 e. The van der Waals surface area contributed by atoms with Crippen LogP contribution in [0.2, 0.25) is 0 Å². The molecule has 2 aliphatic rings. The van der Waals surface area contributed by atoms with Crippen LogP contribution in [0.4, 0.5) is 0 Å². The molecule has 0 N–H and O–H groups in total. The van der Waals surface area contributed by atoms with Gasteiger partial charge in [0.25, 0.3) is 5.91 Å². The van der Waals surface area contributed by atoms with E-state index in [0.29, 0.717) is 55.2 Å². The van der Waals surface area contributed by atoms with Gasteiger partial charge in [0.15, 0.2) is 5.82 Å². The standard InChI is InChI=1S/C23H32N4O5/c1-29-20-10-9-18(22(25-20)30-2)23(28)27-12-5-8-17(14-27)21-24-19(26-32-21)11-13-31-15-16-6-3-4-7-16/h9-10,16-17H,3-8,11-15H2,1-2H3. The molecule has 1 aliphatic carbocycles. The molecule has 1 amide bonds. The number of piperidine rings is 1. The number of ether oxygens (including phenoxy) is 3. The molecule has 174 valence electrons. The first-order valence-electron chi connectivity index (χ1n) is 11.5. The largest absolute Gasteiger partial charge is 0.481 e. The van der Waals surface area contributed by atoms with Gasteiger partial charge in [-0.1, -0.05) is 18.0 Å². The second-order valence-corrected chi connectivity index (χ2v) is 8.53. The Labute approximate surface area is 188 Å². The minimum Gasteiger partial charge on any atom is -0.481 e. The molecule has 0 radical (unpaired) electrons. The van der Waals surface area contributed by atoms with Crippen LogP contribution in [0.5, 0.6) is 11.8 Å². The highest BCUT2D eigenvalue weighted by atomic mass is 16.5. The van der Waals surface area contributed by atoms with E-state index in [0.717, 1.165) is 19.4 Å². The Morgan fingerprint density at radius 2 is 1.97 bits per heavy atom. The number of hydrogen-bond acceptors (Lipinski definition) is 8. The molecule has 1 unspecified atom stereocenters. The van der Waals surface area contributed by atoms with Crippen LogP contribution in [0.1, 0.15) is 66.5 Å². The SMILES string of the molecule is COc1ccc(C(=O)N2CCCC(c3nc(CCOCC4CCCC4)no3)C2)c(OC)n1. The predicted molar refractivity (Wildman–Crippen MR) is 116 cm³/mol. The fourth-order valence-electron chi connectivity index (χ4n) is 4.51. The predicted octanol–water partition coefficient (Wildman–Crippen LogP) is 3.25. The third-order valence-electron chi connectivity index (χ3n) is 6.31. The number of rotatable bonds is 9. The molecule has 1 saturated carbocycles. The van der Waals surface area contributed by atoms with Crippen molar-refractivity contribution in [1.82, 2.24) is 20.0 Å². The zero-order chi connectivity index (χ0) is 22.3. The summed E-state index contributed by atoms with van der Waals surface area (Å²) in [5, 5.41) is 4.12. The van der Waals surface area contributed by atoms with Crippen LogP contribution in [-0.4, -0.2) is 66.5 Å². The number of pyridine rings is 1. The van der Waals surface area contributed by atoms with Gasteiger partial charge in [-0.15, -0.1) is 0 Å². The van der Waals surface area contributed by atoms with Crippen LogP contribution in [0.3, 0.4) is 0 Å². The minimum atomic E-state index is -0.123. The molecule has 2 fully saturated rings. The molecule has 0 bridgehead atoms. The first-order chi connectivity index (χ1) is 15.7. The van der Waals surface area contributed by atoms with E-state index >= 15 is 0 Å². The molecule has 2 aromatic heterocycles. The number of carbonyl (C=O) groups excluding carboxylic acids is 1. The fraction of sp³-hybridized carbons (Fsp3) is 0.652. The van der Waals surface area contributed by atoms with Gasteiger partial charge >= 0.3 is 0 Å². The van der Waals surface area contributed by atoms with Gasteiger partial charge in [-0.05, 0) is 37.7 Å².